The van der Waals surface area contributed by atoms with E-state index in [1.165, 1.54) is 6.92 Å². The normalized spacial score (nSPS) is 31.6. The van der Waals surface area contributed by atoms with Crippen molar-refractivity contribution < 1.29 is 29.6 Å². The minimum absolute atomic E-state index is 0.189. The van der Waals surface area contributed by atoms with Gasteiger partial charge in [-0.1, -0.05) is 0 Å². The Bertz CT molecular complexity index is 507. The summed E-state index contributed by atoms with van der Waals surface area (Å²) in [5.74, 6) is 0.198. The van der Waals surface area contributed by atoms with E-state index in [4.69, 9.17) is 20.3 Å². The van der Waals surface area contributed by atoms with E-state index in [9.17, 15) is 15.0 Å². The van der Waals surface area contributed by atoms with Crippen LogP contribution < -0.4 is 15.8 Å². The van der Waals surface area contributed by atoms with E-state index in [0.29, 0.717) is 11.4 Å². The average Bonchev–Trinajstić information content (AvgIpc) is 2.49. The first-order chi connectivity index (χ1) is 10.4. The van der Waals surface area contributed by atoms with Gasteiger partial charge >= 0.3 is 0 Å². The molecule has 0 aromatic heterocycles. The number of rotatable bonds is 4. The van der Waals surface area contributed by atoms with Gasteiger partial charge in [0.2, 0.25) is 12.2 Å². The summed E-state index contributed by atoms with van der Waals surface area (Å²) in [6.45, 7) is 0.960. The van der Waals surface area contributed by atoms with Crippen LogP contribution in [0.25, 0.3) is 0 Å². The highest BCUT2D eigenvalue weighted by atomic mass is 16.7. The molecule has 8 heteroatoms. The van der Waals surface area contributed by atoms with Crippen LogP contribution in [-0.2, 0) is 9.53 Å². The lowest BCUT2D eigenvalue weighted by molar-refractivity contribution is -0.247. The highest BCUT2D eigenvalue weighted by molar-refractivity contribution is 5.88. The van der Waals surface area contributed by atoms with Gasteiger partial charge in [-0.3, -0.25) is 4.79 Å². The number of hydrogen-bond donors (Lipinski definition) is 5. The summed E-state index contributed by atoms with van der Waals surface area (Å²) in [6.07, 6.45) is -4.46. The summed E-state index contributed by atoms with van der Waals surface area (Å²) in [5.41, 5.74) is 6.29. The molecule has 122 valence electrons. The molecule has 2 rings (SSSR count). The average molecular weight is 312 g/mol. The third-order valence-corrected chi connectivity index (χ3v) is 3.36. The lowest BCUT2D eigenvalue weighted by Gasteiger charge is -2.40. The Morgan fingerprint density at radius 2 is 1.95 bits per heavy atom. The van der Waals surface area contributed by atoms with E-state index in [1.54, 1.807) is 24.3 Å². The summed E-state index contributed by atoms with van der Waals surface area (Å²) >= 11 is 0. The fourth-order valence-electron chi connectivity index (χ4n) is 2.17. The standard InChI is InChI=1S/C14H20N2O6/c1-7(18)16-8-2-4-9(5-3-8)21-14-13(20)11(15)12(19)10(6-17)22-14/h2-5,10-14,17,19-20H,6,15H2,1H3,(H,16,18)/t10?,11-,12+,13+,14+/m1/s1. The Kier molecular flexibility index (Phi) is 5.33. The Labute approximate surface area is 127 Å². The molecule has 22 heavy (non-hydrogen) atoms. The van der Waals surface area contributed by atoms with Gasteiger partial charge < -0.3 is 35.8 Å². The van der Waals surface area contributed by atoms with E-state index in [2.05, 4.69) is 5.32 Å². The van der Waals surface area contributed by atoms with E-state index in [0.717, 1.165) is 0 Å². The monoisotopic (exact) mass is 312 g/mol. The second kappa shape index (κ2) is 7.03. The number of carbonyl (C=O) groups excluding carboxylic acids is 1. The fourth-order valence-corrected chi connectivity index (χ4v) is 2.17. The first-order valence-corrected chi connectivity index (χ1v) is 6.84. The number of ether oxygens (including phenoxy) is 2. The lowest BCUT2D eigenvalue weighted by atomic mass is 9.97. The number of aliphatic hydroxyl groups excluding tert-OH is 3. The SMILES string of the molecule is CC(=O)Nc1ccc(O[C@H]2OC(CO)[C@H](O)[C@@H](N)[C@@H]2O)cc1. The maximum atomic E-state index is 10.9. The van der Waals surface area contributed by atoms with Crippen molar-refractivity contribution in [3.05, 3.63) is 24.3 Å². The zero-order chi connectivity index (χ0) is 16.3. The number of nitrogens with two attached hydrogens (primary N) is 1. The number of anilines is 1. The molecule has 0 radical (unpaired) electrons. The van der Waals surface area contributed by atoms with Gasteiger partial charge in [-0.25, -0.2) is 0 Å². The van der Waals surface area contributed by atoms with Crippen LogP contribution in [0.1, 0.15) is 6.92 Å². The quantitative estimate of drug-likeness (QED) is 0.471. The second-order valence-corrected chi connectivity index (χ2v) is 5.11. The molecule has 1 amide bonds. The number of aliphatic hydroxyl groups is 3. The number of carbonyl (C=O) groups is 1. The van der Waals surface area contributed by atoms with E-state index >= 15 is 0 Å². The summed E-state index contributed by atoms with van der Waals surface area (Å²) in [6, 6.07) is 5.45. The van der Waals surface area contributed by atoms with Crippen LogP contribution >= 0.6 is 0 Å². The lowest BCUT2D eigenvalue weighted by Crippen LogP contribution is -2.63. The maximum Gasteiger partial charge on any atom is 0.228 e. The number of hydrogen-bond acceptors (Lipinski definition) is 7. The molecule has 0 saturated carbocycles. The molecule has 1 saturated heterocycles. The van der Waals surface area contributed by atoms with E-state index in [1.807, 2.05) is 0 Å². The molecule has 1 heterocycles. The molecule has 1 aliphatic heterocycles. The molecule has 5 atom stereocenters. The molecular weight excluding hydrogens is 292 g/mol. The smallest absolute Gasteiger partial charge is 0.228 e. The molecule has 0 spiro atoms. The largest absolute Gasteiger partial charge is 0.462 e. The van der Waals surface area contributed by atoms with Crippen LogP contribution in [0.4, 0.5) is 5.69 Å². The summed E-state index contributed by atoms with van der Waals surface area (Å²) in [4.78, 5) is 10.9. The van der Waals surface area contributed by atoms with Crippen LogP contribution in [-0.4, -0.2) is 58.5 Å². The van der Waals surface area contributed by atoms with Crippen molar-refractivity contribution in [2.45, 2.75) is 37.6 Å². The maximum absolute atomic E-state index is 10.9. The summed E-state index contributed by atoms with van der Waals surface area (Å²) in [5, 5.41) is 31.5. The number of nitrogens with one attached hydrogen (secondary N) is 1. The highest BCUT2D eigenvalue weighted by Crippen LogP contribution is 2.24. The van der Waals surface area contributed by atoms with Crippen LogP contribution in [0.5, 0.6) is 5.75 Å². The third kappa shape index (κ3) is 3.73. The van der Waals surface area contributed by atoms with Gasteiger partial charge in [-0.2, -0.15) is 0 Å². The molecule has 1 aromatic rings. The van der Waals surface area contributed by atoms with Crippen LogP contribution in [0.2, 0.25) is 0 Å². The van der Waals surface area contributed by atoms with Gasteiger partial charge in [0, 0.05) is 12.6 Å². The fraction of sp³-hybridized carbons (Fsp3) is 0.500. The molecular formula is C14H20N2O6. The van der Waals surface area contributed by atoms with Crippen molar-refractivity contribution in [1.82, 2.24) is 0 Å². The minimum Gasteiger partial charge on any atom is -0.462 e. The van der Waals surface area contributed by atoms with Gasteiger partial charge in [0.05, 0.1) is 12.6 Å². The Hall–Kier alpha value is -1.71. The minimum atomic E-state index is -1.24. The summed E-state index contributed by atoms with van der Waals surface area (Å²) < 4.78 is 10.8. The Balaban J connectivity index is 2.04. The zero-order valence-corrected chi connectivity index (χ0v) is 12.0. The van der Waals surface area contributed by atoms with Crippen molar-refractivity contribution in [2.24, 2.45) is 5.73 Å². The molecule has 0 aliphatic carbocycles. The Morgan fingerprint density at radius 1 is 1.32 bits per heavy atom. The van der Waals surface area contributed by atoms with Crippen LogP contribution in [0.15, 0.2) is 24.3 Å². The predicted octanol–water partition coefficient (Wildman–Crippen LogP) is -1.21. The molecule has 1 aromatic carbocycles. The van der Waals surface area contributed by atoms with Gasteiger partial charge in [0.1, 0.15) is 24.1 Å². The molecule has 1 aliphatic rings. The van der Waals surface area contributed by atoms with Gasteiger partial charge in [0.25, 0.3) is 0 Å². The first-order valence-electron chi connectivity index (χ1n) is 6.84. The van der Waals surface area contributed by atoms with Crippen LogP contribution in [0, 0.1) is 0 Å². The van der Waals surface area contributed by atoms with Crippen molar-refractivity contribution in [1.29, 1.82) is 0 Å². The predicted molar refractivity (Wildman–Crippen MR) is 77.1 cm³/mol. The van der Waals surface area contributed by atoms with Crippen molar-refractivity contribution in [3.63, 3.8) is 0 Å². The van der Waals surface area contributed by atoms with E-state index < -0.39 is 37.3 Å². The molecule has 1 unspecified atom stereocenters. The topological polar surface area (TPSA) is 134 Å². The first kappa shape index (κ1) is 16.7. The zero-order valence-electron chi connectivity index (χ0n) is 12.0. The summed E-state index contributed by atoms with van der Waals surface area (Å²) in [7, 11) is 0. The van der Waals surface area contributed by atoms with Crippen LogP contribution in [0.3, 0.4) is 0 Å². The van der Waals surface area contributed by atoms with Gasteiger partial charge in [0.15, 0.2) is 0 Å². The van der Waals surface area contributed by atoms with Gasteiger partial charge in [-0.05, 0) is 24.3 Å². The van der Waals surface area contributed by atoms with E-state index in [-0.39, 0.29) is 5.91 Å². The van der Waals surface area contributed by atoms with Crippen molar-refractivity contribution in [3.8, 4) is 5.75 Å². The highest BCUT2D eigenvalue weighted by Gasteiger charge is 2.43. The second-order valence-electron chi connectivity index (χ2n) is 5.11. The van der Waals surface area contributed by atoms with Crippen molar-refractivity contribution >= 4 is 11.6 Å². The molecule has 1 fully saturated rings. The van der Waals surface area contributed by atoms with Crippen molar-refractivity contribution in [2.75, 3.05) is 11.9 Å². The molecule has 0 bridgehead atoms. The van der Waals surface area contributed by atoms with Gasteiger partial charge in [-0.15, -0.1) is 0 Å². The molecule has 6 N–H and O–H groups in total. The number of benzene rings is 1. The Morgan fingerprint density at radius 3 is 2.50 bits per heavy atom. The molecule has 8 nitrogen and oxygen atoms in total. The number of amides is 1. The third-order valence-electron chi connectivity index (χ3n) is 3.36.